The third-order valence-electron chi connectivity index (χ3n) is 2.46. The van der Waals surface area contributed by atoms with E-state index >= 15 is 0 Å². The minimum absolute atomic E-state index is 0.0998. The maximum Gasteiger partial charge on any atom is 0.328 e. The van der Waals surface area contributed by atoms with Gasteiger partial charge >= 0.3 is 12.0 Å². The molecule has 0 bridgehead atoms. The van der Waals surface area contributed by atoms with E-state index in [1.165, 1.54) is 11.0 Å². The summed E-state index contributed by atoms with van der Waals surface area (Å²) in [6.45, 7) is -0.0998. The number of carbonyl (C=O) groups excluding carboxylic acids is 2. The second kappa shape index (κ2) is 7.68. The van der Waals surface area contributed by atoms with Gasteiger partial charge in [0.25, 0.3) is 0 Å². The van der Waals surface area contributed by atoms with Crippen LogP contribution in [0.3, 0.4) is 0 Å². The van der Waals surface area contributed by atoms with Crippen LogP contribution in [0.2, 0.25) is 0 Å². The number of nitrogens with zero attached hydrogens (tertiary/aromatic N) is 1. The Morgan fingerprint density at radius 3 is 2.62 bits per heavy atom. The van der Waals surface area contributed by atoms with Gasteiger partial charge in [-0.2, -0.15) is 0 Å². The summed E-state index contributed by atoms with van der Waals surface area (Å²) < 4.78 is 0. The number of urea groups is 1. The van der Waals surface area contributed by atoms with Crippen LogP contribution in [0.1, 0.15) is 5.56 Å². The average molecular weight is 291 g/mol. The standard InChI is InChI=1S/C14H17N3O4/c1-17(2)12(18)9-15-14(21)16-11-5-3-4-10(8-11)6-7-13(19)20/h3-8H,9H2,1-2H3,(H,19,20)(H2,15,16,21)/b7-6+. The van der Waals surface area contributed by atoms with Crippen molar-refractivity contribution < 1.29 is 19.5 Å². The Balaban J connectivity index is 2.58. The van der Waals surface area contributed by atoms with Gasteiger partial charge in [0.05, 0.1) is 6.54 Å². The Morgan fingerprint density at radius 2 is 2.00 bits per heavy atom. The lowest BCUT2D eigenvalue weighted by Gasteiger charge is -2.11. The molecule has 21 heavy (non-hydrogen) atoms. The first-order chi connectivity index (χ1) is 9.88. The zero-order chi connectivity index (χ0) is 15.8. The van der Waals surface area contributed by atoms with Crippen LogP contribution in [0, 0.1) is 0 Å². The van der Waals surface area contributed by atoms with Gasteiger partial charge in [-0.3, -0.25) is 4.79 Å². The molecule has 7 heteroatoms. The van der Waals surface area contributed by atoms with Crippen LogP contribution >= 0.6 is 0 Å². The highest BCUT2D eigenvalue weighted by Crippen LogP contribution is 2.11. The molecule has 0 unspecified atom stereocenters. The number of carboxylic acid groups (broad SMARTS) is 1. The molecule has 0 saturated carbocycles. The van der Waals surface area contributed by atoms with E-state index in [4.69, 9.17) is 5.11 Å². The van der Waals surface area contributed by atoms with Crippen molar-refractivity contribution in [1.82, 2.24) is 10.2 Å². The number of carbonyl (C=O) groups is 3. The molecule has 1 aromatic rings. The molecule has 0 radical (unpaired) electrons. The molecule has 1 aromatic carbocycles. The molecule has 0 saturated heterocycles. The number of aliphatic carboxylic acids is 1. The van der Waals surface area contributed by atoms with Gasteiger partial charge in [-0.25, -0.2) is 9.59 Å². The number of benzene rings is 1. The molecule has 0 aliphatic rings. The van der Waals surface area contributed by atoms with Gasteiger partial charge in [-0.1, -0.05) is 12.1 Å². The second-order valence-corrected chi connectivity index (χ2v) is 4.39. The Hall–Kier alpha value is -2.83. The van der Waals surface area contributed by atoms with Crippen LogP contribution < -0.4 is 10.6 Å². The Labute approximate surface area is 122 Å². The molecule has 0 aliphatic heterocycles. The summed E-state index contributed by atoms with van der Waals surface area (Å²) in [6, 6.07) is 6.16. The van der Waals surface area contributed by atoms with Crippen molar-refractivity contribution in [3.8, 4) is 0 Å². The van der Waals surface area contributed by atoms with Gasteiger partial charge in [0.2, 0.25) is 5.91 Å². The van der Waals surface area contributed by atoms with Crippen molar-refractivity contribution in [2.75, 3.05) is 26.0 Å². The molecule has 1 rings (SSSR count). The van der Waals surface area contributed by atoms with Crippen LogP contribution in [0.25, 0.3) is 6.08 Å². The quantitative estimate of drug-likeness (QED) is 0.705. The van der Waals surface area contributed by atoms with E-state index in [1.807, 2.05) is 0 Å². The fourth-order valence-corrected chi connectivity index (χ4v) is 1.38. The lowest BCUT2D eigenvalue weighted by molar-refractivity contribution is -0.131. The predicted molar refractivity (Wildman–Crippen MR) is 78.8 cm³/mol. The van der Waals surface area contributed by atoms with Crippen LogP contribution in [0.4, 0.5) is 10.5 Å². The molecular weight excluding hydrogens is 274 g/mol. The molecule has 0 spiro atoms. The van der Waals surface area contributed by atoms with E-state index in [0.717, 1.165) is 6.08 Å². The van der Waals surface area contributed by atoms with Crippen LogP contribution in [-0.2, 0) is 9.59 Å². The lowest BCUT2D eigenvalue weighted by Crippen LogP contribution is -2.38. The summed E-state index contributed by atoms with van der Waals surface area (Å²) in [4.78, 5) is 34.7. The molecule has 0 atom stereocenters. The molecule has 112 valence electrons. The van der Waals surface area contributed by atoms with E-state index in [2.05, 4.69) is 10.6 Å². The van der Waals surface area contributed by atoms with Gasteiger partial charge in [-0.05, 0) is 23.8 Å². The molecule has 0 aromatic heterocycles. The van der Waals surface area contributed by atoms with E-state index in [-0.39, 0.29) is 12.5 Å². The molecule has 0 heterocycles. The van der Waals surface area contributed by atoms with Crippen molar-refractivity contribution in [2.45, 2.75) is 0 Å². The average Bonchev–Trinajstić information content (AvgIpc) is 2.42. The highest BCUT2D eigenvalue weighted by Gasteiger charge is 2.07. The number of hydrogen-bond donors (Lipinski definition) is 3. The first kappa shape index (κ1) is 16.2. The molecule has 0 fully saturated rings. The maximum atomic E-state index is 11.6. The van der Waals surface area contributed by atoms with Gasteiger partial charge in [0.1, 0.15) is 0 Å². The van der Waals surface area contributed by atoms with Gasteiger partial charge in [0.15, 0.2) is 0 Å². The topological polar surface area (TPSA) is 98.7 Å². The summed E-state index contributed by atoms with van der Waals surface area (Å²) in [5.74, 6) is -1.27. The van der Waals surface area contributed by atoms with Crippen molar-refractivity contribution in [2.24, 2.45) is 0 Å². The number of carboxylic acids is 1. The molecule has 3 N–H and O–H groups in total. The normalized spacial score (nSPS) is 10.2. The van der Waals surface area contributed by atoms with E-state index < -0.39 is 12.0 Å². The maximum absolute atomic E-state index is 11.6. The Kier molecular flexibility index (Phi) is 5.94. The summed E-state index contributed by atoms with van der Waals surface area (Å²) in [7, 11) is 3.19. The van der Waals surface area contributed by atoms with Crippen molar-refractivity contribution >= 4 is 29.7 Å². The van der Waals surface area contributed by atoms with Gasteiger partial charge < -0.3 is 20.6 Å². The minimum atomic E-state index is -1.05. The first-order valence-electron chi connectivity index (χ1n) is 6.14. The van der Waals surface area contributed by atoms with Crippen LogP contribution in [0.15, 0.2) is 30.3 Å². The molecular formula is C14H17N3O4. The van der Waals surface area contributed by atoms with Gasteiger partial charge in [-0.15, -0.1) is 0 Å². The molecule has 0 aliphatic carbocycles. The van der Waals surface area contributed by atoms with E-state index in [9.17, 15) is 14.4 Å². The number of hydrogen-bond acceptors (Lipinski definition) is 3. The first-order valence-corrected chi connectivity index (χ1v) is 6.14. The number of anilines is 1. The summed E-state index contributed by atoms with van der Waals surface area (Å²) in [5, 5.41) is 13.5. The highest BCUT2D eigenvalue weighted by molar-refractivity contribution is 5.92. The smallest absolute Gasteiger partial charge is 0.328 e. The van der Waals surface area contributed by atoms with Crippen LogP contribution in [-0.4, -0.2) is 48.6 Å². The van der Waals surface area contributed by atoms with E-state index in [1.54, 1.807) is 38.4 Å². The zero-order valence-corrected chi connectivity index (χ0v) is 11.8. The third kappa shape index (κ3) is 6.24. The second-order valence-electron chi connectivity index (χ2n) is 4.39. The van der Waals surface area contributed by atoms with E-state index in [0.29, 0.717) is 11.3 Å². The summed E-state index contributed by atoms with van der Waals surface area (Å²) in [5.41, 5.74) is 1.14. The number of nitrogens with one attached hydrogen (secondary N) is 2. The van der Waals surface area contributed by atoms with Gasteiger partial charge in [0, 0.05) is 25.9 Å². The Bertz CT molecular complexity index is 567. The molecule has 3 amide bonds. The number of amides is 3. The summed E-state index contributed by atoms with van der Waals surface area (Å²) in [6.07, 6.45) is 2.43. The fraction of sp³-hybridized carbons (Fsp3) is 0.214. The largest absolute Gasteiger partial charge is 0.478 e. The fourth-order valence-electron chi connectivity index (χ4n) is 1.38. The number of rotatable bonds is 5. The molecule has 7 nitrogen and oxygen atoms in total. The Morgan fingerprint density at radius 1 is 1.29 bits per heavy atom. The summed E-state index contributed by atoms with van der Waals surface area (Å²) >= 11 is 0. The van der Waals surface area contributed by atoms with Crippen molar-refractivity contribution in [1.29, 1.82) is 0 Å². The third-order valence-corrected chi connectivity index (χ3v) is 2.46. The highest BCUT2D eigenvalue weighted by atomic mass is 16.4. The van der Waals surface area contributed by atoms with Crippen molar-refractivity contribution in [3.63, 3.8) is 0 Å². The number of likely N-dealkylation sites (N-methyl/N-ethyl adjacent to an activating group) is 1. The minimum Gasteiger partial charge on any atom is -0.478 e. The predicted octanol–water partition coefficient (Wildman–Crippen LogP) is 0.994. The van der Waals surface area contributed by atoms with Crippen molar-refractivity contribution in [3.05, 3.63) is 35.9 Å². The lowest BCUT2D eigenvalue weighted by atomic mass is 10.2. The SMILES string of the molecule is CN(C)C(=O)CNC(=O)Nc1cccc(/C=C/C(=O)O)c1. The van der Waals surface area contributed by atoms with Crippen LogP contribution in [0.5, 0.6) is 0 Å². The monoisotopic (exact) mass is 291 g/mol. The zero-order valence-electron chi connectivity index (χ0n) is 11.8.